The summed E-state index contributed by atoms with van der Waals surface area (Å²) in [5.74, 6) is 0. The topological polar surface area (TPSA) is 43.9 Å². The Morgan fingerprint density at radius 2 is 1.11 bits per heavy atom. The second-order valence-electron chi connectivity index (χ2n) is 11.8. The molecule has 0 aliphatic rings. The Balaban J connectivity index is 1.29. The zero-order valence-electron chi connectivity index (χ0n) is 24.7. The van der Waals surface area contributed by atoms with E-state index in [1.807, 2.05) is 48.5 Å². The van der Waals surface area contributed by atoms with Crippen molar-refractivity contribution in [3.8, 4) is 28.2 Å². The summed E-state index contributed by atoms with van der Waals surface area (Å²) in [7, 11) is 0. The summed E-state index contributed by atoms with van der Waals surface area (Å²) in [4.78, 5) is 10.5. The van der Waals surface area contributed by atoms with Crippen LogP contribution in [0.2, 0.25) is 0 Å². The molecule has 3 heterocycles. The number of furan rings is 1. The average Bonchev–Trinajstić information content (AvgIpc) is 3.65. The van der Waals surface area contributed by atoms with Crippen LogP contribution >= 0.6 is 0 Å². The number of para-hydroxylation sites is 1. The molecule has 0 aliphatic heterocycles. The SMILES string of the molecule is c1ccc(-c2nc3ccc(-n4c5cc6oc7ccccc7c6cc5c5c6ccccc6ccc54)cc3nc2-c2ccccc2)cc1. The molecule has 0 saturated carbocycles. The molecule has 10 aromatic rings. The van der Waals surface area contributed by atoms with Crippen LogP contribution in [0.5, 0.6) is 0 Å². The Morgan fingerprint density at radius 3 is 1.89 bits per heavy atom. The summed E-state index contributed by atoms with van der Waals surface area (Å²) >= 11 is 0. The molecule has 0 fully saturated rings. The Kier molecular flexibility index (Phi) is 5.25. The zero-order chi connectivity index (χ0) is 30.2. The van der Waals surface area contributed by atoms with Gasteiger partial charge in [-0.25, -0.2) is 9.97 Å². The van der Waals surface area contributed by atoms with Crippen molar-refractivity contribution in [2.24, 2.45) is 0 Å². The van der Waals surface area contributed by atoms with E-state index in [0.29, 0.717) is 0 Å². The van der Waals surface area contributed by atoms with Gasteiger partial charge in [-0.05, 0) is 47.2 Å². The summed E-state index contributed by atoms with van der Waals surface area (Å²) in [6.07, 6.45) is 0. The minimum atomic E-state index is 0.844. The van der Waals surface area contributed by atoms with E-state index < -0.39 is 0 Å². The molecule has 0 saturated heterocycles. The molecule has 46 heavy (non-hydrogen) atoms. The molecule has 214 valence electrons. The highest BCUT2D eigenvalue weighted by molar-refractivity contribution is 6.24. The predicted octanol–water partition coefficient (Wildman–Crippen LogP) is 11.1. The number of hydrogen-bond donors (Lipinski definition) is 0. The van der Waals surface area contributed by atoms with Gasteiger partial charge in [-0.15, -0.1) is 0 Å². The molecule has 10 rings (SSSR count). The zero-order valence-corrected chi connectivity index (χ0v) is 24.7. The third-order valence-electron chi connectivity index (χ3n) is 9.15. The van der Waals surface area contributed by atoms with Crippen molar-refractivity contribution in [1.29, 1.82) is 0 Å². The van der Waals surface area contributed by atoms with Crippen molar-refractivity contribution in [2.75, 3.05) is 0 Å². The minimum Gasteiger partial charge on any atom is -0.456 e. The first-order valence-corrected chi connectivity index (χ1v) is 15.5. The fourth-order valence-electron chi connectivity index (χ4n) is 7.06. The summed E-state index contributed by atoms with van der Waals surface area (Å²) in [5, 5.41) is 7.13. The van der Waals surface area contributed by atoms with Crippen LogP contribution in [0.1, 0.15) is 0 Å². The van der Waals surface area contributed by atoms with E-state index >= 15 is 0 Å². The van der Waals surface area contributed by atoms with Gasteiger partial charge in [-0.1, -0.05) is 109 Å². The largest absolute Gasteiger partial charge is 0.456 e. The van der Waals surface area contributed by atoms with Crippen LogP contribution in [0.25, 0.3) is 93.8 Å². The van der Waals surface area contributed by atoms with E-state index in [2.05, 4.69) is 108 Å². The molecule has 0 N–H and O–H groups in total. The van der Waals surface area contributed by atoms with Crippen LogP contribution in [0, 0.1) is 0 Å². The fourth-order valence-corrected chi connectivity index (χ4v) is 7.06. The lowest BCUT2D eigenvalue weighted by Gasteiger charge is -2.13. The molecular formula is C42H25N3O. The maximum absolute atomic E-state index is 6.39. The minimum absolute atomic E-state index is 0.844. The predicted molar refractivity (Wildman–Crippen MR) is 190 cm³/mol. The Bertz CT molecular complexity index is 2790. The van der Waals surface area contributed by atoms with Crippen molar-refractivity contribution >= 4 is 65.6 Å². The molecule has 4 heteroatoms. The van der Waals surface area contributed by atoms with Gasteiger partial charge in [-0.2, -0.15) is 0 Å². The van der Waals surface area contributed by atoms with E-state index in [4.69, 9.17) is 14.4 Å². The lowest BCUT2D eigenvalue weighted by atomic mass is 10.0. The molecule has 0 amide bonds. The fraction of sp³-hybridized carbons (Fsp3) is 0. The van der Waals surface area contributed by atoms with E-state index in [1.165, 1.54) is 21.5 Å². The maximum Gasteiger partial charge on any atom is 0.137 e. The second-order valence-corrected chi connectivity index (χ2v) is 11.8. The van der Waals surface area contributed by atoms with Crippen LogP contribution in [0.3, 0.4) is 0 Å². The van der Waals surface area contributed by atoms with Gasteiger partial charge >= 0.3 is 0 Å². The smallest absolute Gasteiger partial charge is 0.137 e. The van der Waals surface area contributed by atoms with E-state index in [9.17, 15) is 0 Å². The van der Waals surface area contributed by atoms with Crippen LogP contribution in [-0.2, 0) is 0 Å². The number of hydrogen-bond acceptors (Lipinski definition) is 3. The standard InChI is InChI=1S/C42H25N3O/c1-3-12-27(13-4-1)41-42(28-14-5-2-6-15-28)44-35-23-29(20-21-34(35)43-41)45-36-22-19-26-11-7-8-16-30(26)40(36)33-24-32-31-17-9-10-18-38(31)46-39(32)25-37(33)45/h1-25H. The normalized spacial score (nSPS) is 11.9. The van der Waals surface area contributed by atoms with E-state index in [-0.39, 0.29) is 0 Å². The Hall–Kier alpha value is -6.26. The average molecular weight is 588 g/mol. The highest BCUT2D eigenvalue weighted by atomic mass is 16.3. The molecule has 0 radical (unpaired) electrons. The first-order chi connectivity index (χ1) is 22.8. The monoisotopic (exact) mass is 587 g/mol. The van der Waals surface area contributed by atoms with Crippen molar-refractivity contribution in [2.45, 2.75) is 0 Å². The van der Waals surface area contributed by atoms with Gasteiger partial charge in [0.15, 0.2) is 0 Å². The highest BCUT2D eigenvalue weighted by Crippen LogP contribution is 2.41. The lowest BCUT2D eigenvalue weighted by Crippen LogP contribution is -1.98. The molecule has 0 spiro atoms. The summed E-state index contributed by atoms with van der Waals surface area (Å²) < 4.78 is 8.73. The van der Waals surface area contributed by atoms with Crippen LogP contribution < -0.4 is 0 Å². The van der Waals surface area contributed by atoms with E-state index in [1.54, 1.807) is 0 Å². The van der Waals surface area contributed by atoms with Gasteiger partial charge in [0.2, 0.25) is 0 Å². The summed E-state index contributed by atoms with van der Waals surface area (Å²) in [5.41, 5.74) is 10.6. The van der Waals surface area contributed by atoms with Crippen LogP contribution in [0.15, 0.2) is 156 Å². The van der Waals surface area contributed by atoms with Crippen LogP contribution in [0.4, 0.5) is 0 Å². The lowest BCUT2D eigenvalue weighted by molar-refractivity contribution is 0.669. The van der Waals surface area contributed by atoms with Crippen molar-refractivity contribution in [3.63, 3.8) is 0 Å². The number of nitrogens with zero attached hydrogens (tertiary/aromatic N) is 3. The third-order valence-corrected chi connectivity index (χ3v) is 9.15. The molecular weight excluding hydrogens is 562 g/mol. The number of benzene rings is 7. The van der Waals surface area contributed by atoms with Crippen molar-refractivity contribution < 1.29 is 4.42 Å². The summed E-state index contributed by atoms with van der Waals surface area (Å²) in [6.45, 7) is 0. The second kappa shape index (κ2) is 9.62. The molecule has 0 aliphatic carbocycles. The van der Waals surface area contributed by atoms with Gasteiger partial charge in [0.05, 0.1) is 33.5 Å². The molecule has 0 unspecified atom stereocenters. The maximum atomic E-state index is 6.39. The molecule has 0 atom stereocenters. The molecule has 7 aromatic carbocycles. The number of aromatic nitrogens is 3. The van der Waals surface area contributed by atoms with Crippen molar-refractivity contribution in [3.05, 3.63) is 152 Å². The molecule has 4 nitrogen and oxygen atoms in total. The Morgan fingerprint density at radius 1 is 0.435 bits per heavy atom. The van der Waals surface area contributed by atoms with Crippen LogP contribution in [-0.4, -0.2) is 14.5 Å². The van der Waals surface area contributed by atoms with Gasteiger partial charge in [0.25, 0.3) is 0 Å². The van der Waals surface area contributed by atoms with E-state index in [0.717, 1.165) is 72.2 Å². The first-order valence-electron chi connectivity index (χ1n) is 15.5. The number of fused-ring (bicyclic) bond motifs is 9. The highest BCUT2D eigenvalue weighted by Gasteiger charge is 2.19. The number of rotatable bonds is 3. The summed E-state index contributed by atoms with van der Waals surface area (Å²) in [6, 6.07) is 52.9. The quantitative estimate of drug-likeness (QED) is 0.207. The first kappa shape index (κ1) is 25.1. The van der Waals surface area contributed by atoms with Gasteiger partial charge in [0, 0.05) is 44.4 Å². The Labute approximate surface area is 263 Å². The van der Waals surface area contributed by atoms with Gasteiger partial charge < -0.3 is 8.98 Å². The molecule has 3 aromatic heterocycles. The third kappa shape index (κ3) is 3.67. The van der Waals surface area contributed by atoms with Gasteiger partial charge in [-0.3, -0.25) is 0 Å². The molecule has 0 bridgehead atoms. The van der Waals surface area contributed by atoms with Gasteiger partial charge in [0.1, 0.15) is 11.2 Å². The van der Waals surface area contributed by atoms with Crippen molar-refractivity contribution in [1.82, 2.24) is 14.5 Å².